The van der Waals surface area contributed by atoms with Gasteiger partial charge in [0.2, 0.25) is 5.88 Å². The molecule has 1 N–H and O–H groups in total. The summed E-state index contributed by atoms with van der Waals surface area (Å²) in [6, 6.07) is 13.7. The largest absolute Gasteiger partial charge is 0.475 e. The average molecular weight is 342 g/mol. The quantitative estimate of drug-likeness (QED) is 0.711. The average Bonchev–Trinajstić information content (AvgIpc) is 2.63. The lowest BCUT2D eigenvalue weighted by Gasteiger charge is -2.22. The Morgan fingerprint density at radius 2 is 1.88 bits per heavy atom. The summed E-state index contributed by atoms with van der Waals surface area (Å²) in [6.45, 7) is 5.68. The molecule has 25 heavy (non-hydrogen) atoms. The second-order valence-electron chi connectivity index (χ2n) is 6.17. The Hall–Kier alpha value is -2.40. The van der Waals surface area contributed by atoms with E-state index in [4.69, 9.17) is 9.47 Å². The summed E-state index contributed by atoms with van der Waals surface area (Å²) in [5, 5.41) is 3.02. The lowest BCUT2D eigenvalue weighted by atomic mass is 9.88. The molecule has 1 unspecified atom stereocenters. The van der Waals surface area contributed by atoms with Crippen LogP contribution in [-0.4, -0.2) is 37.8 Å². The minimum atomic E-state index is -0.179. The van der Waals surface area contributed by atoms with Crippen molar-refractivity contribution in [3.05, 3.63) is 59.8 Å². The van der Waals surface area contributed by atoms with Crippen LogP contribution in [0, 0.1) is 5.92 Å². The van der Waals surface area contributed by atoms with Gasteiger partial charge in [0.15, 0.2) is 0 Å². The second kappa shape index (κ2) is 9.79. The van der Waals surface area contributed by atoms with Gasteiger partial charge in [-0.15, -0.1) is 0 Å². The predicted molar refractivity (Wildman–Crippen MR) is 98.0 cm³/mol. The van der Waals surface area contributed by atoms with Crippen LogP contribution in [0.5, 0.6) is 5.88 Å². The van der Waals surface area contributed by atoms with E-state index in [2.05, 4.69) is 36.3 Å². The fraction of sp³-hybridized carbons (Fsp3) is 0.400. The third-order valence-corrected chi connectivity index (χ3v) is 4.06. The minimum absolute atomic E-state index is 0.179. The van der Waals surface area contributed by atoms with Gasteiger partial charge in [0.1, 0.15) is 12.2 Å². The van der Waals surface area contributed by atoms with Gasteiger partial charge < -0.3 is 14.8 Å². The summed E-state index contributed by atoms with van der Waals surface area (Å²) < 4.78 is 10.5. The Labute approximate surface area is 149 Å². The maximum atomic E-state index is 12.6. The summed E-state index contributed by atoms with van der Waals surface area (Å²) >= 11 is 0. The molecule has 2 aromatic rings. The fourth-order valence-corrected chi connectivity index (χ4v) is 2.64. The van der Waals surface area contributed by atoms with Crippen LogP contribution < -0.4 is 10.1 Å². The number of nitrogens with zero attached hydrogens (tertiary/aromatic N) is 1. The SMILES string of the molecule is COCCOc1ncccc1C(=O)NCC(c1ccccc1)C(C)C. The van der Waals surface area contributed by atoms with E-state index in [0.717, 1.165) is 0 Å². The van der Waals surface area contributed by atoms with Gasteiger partial charge in [0.05, 0.1) is 6.61 Å². The number of benzene rings is 1. The highest BCUT2D eigenvalue weighted by molar-refractivity contribution is 5.96. The zero-order valence-electron chi connectivity index (χ0n) is 15.1. The molecule has 0 bridgehead atoms. The number of ether oxygens (including phenoxy) is 2. The van der Waals surface area contributed by atoms with Crippen molar-refractivity contribution >= 4 is 5.91 Å². The van der Waals surface area contributed by atoms with E-state index in [0.29, 0.717) is 37.1 Å². The zero-order chi connectivity index (χ0) is 18.1. The molecule has 0 saturated carbocycles. The summed E-state index contributed by atoms with van der Waals surface area (Å²) in [5.41, 5.74) is 1.66. The van der Waals surface area contributed by atoms with E-state index >= 15 is 0 Å². The van der Waals surface area contributed by atoms with E-state index in [-0.39, 0.29) is 11.8 Å². The molecule has 0 aliphatic carbocycles. The van der Waals surface area contributed by atoms with Gasteiger partial charge in [-0.3, -0.25) is 4.79 Å². The van der Waals surface area contributed by atoms with E-state index in [1.165, 1.54) is 5.56 Å². The smallest absolute Gasteiger partial charge is 0.256 e. The van der Waals surface area contributed by atoms with Crippen molar-refractivity contribution in [2.24, 2.45) is 5.92 Å². The Bertz CT molecular complexity index is 659. The Balaban J connectivity index is 2.04. The molecule has 0 aliphatic rings. The molecule has 1 atom stereocenters. The van der Waals surface area contributed by atoms with Crippen molar-refractivity contribution in [3.8, 4) is 5.88 Å². The van der Waals surface area contributed by atoms with E-state index in [1.54, 1.807) is 25.4 Å². The van der Waals surface area contributed by atoms with Crippen molar-refractivity contribution in [2.45, 2.75) is 19.8 Å². The van der Waals surface area contributed by atoms with E-state index in [1.807, 2.05) is 18.2 Å². The first kappa shape index (κ1) is 18.9. The Morgan fingerprint density at radius 3 is 2.56 bits per heavy atom. The molecule has 1 aromatic heterocycles. The lowest BCUT2D eigenvalue weighted by Crippen LogP contribution is -2.31. The van der Waals surface area contributed by atoms with Crippen molar-refractivity contribution in [3.63, 3.8) is 0 Å². The van der Waals surface area contributed by atoms with Gasteiger partial charge >= 0.3 is 0 Å². The van der Waals surface area contributed by atoms with Gasteiger partial charge in [-0.1, -0.05) is 44.2 Å². The number of methoxy groups -OCH3 is 1. The van der Waals surface area contributed by atoms with Crippen LogP contribution in [0.25, 0.3) is 0 Å². The van der Waals surface area contributed by atoms with E-state index < -0.39 is 0 Å². The number of rotatable bonds is 9. The number of hydrogen-bond acceptors (Lipinski definition) is 4. The fourth-order valence-electron chi connectivity index (χ4n) is 2.64. The molecule has 5 heteroatoms. The first-order valence-electron chi connectivity index (χ1n) is 8.53. The Morgan fingerprint density at radius 1 is 1.12 bits per heavy atom. The van der Waals surface area contributed by atoms with Crippen LogP contribution in [0.3, 0.4) is 0 Å². The van der Waals surface area contributed by atoms with Crippen LogP contribution in [0.2, 0.25) is 0 Å². The summed E-state index contributed by atoms with van der Waals surface area (Å²) in [4.78, 5) is 16.7. The van der Waals surface area contributed by atoms with Crippen LogP contribution >= 0.6 is 0 Å². The summed E-state index contributed by atoms with van der Waals surface area (Å²) in [6.07, 6.45) is 1.61. The third kappa shape index (κ3) is 5.57. The first-order chi connectivity index (χ1) is 12.1. The predicted octanol–water partition coefficient (Wildman–Crippen LogP) is 3.28. The number of pyridine rings is 1. The molecule has 0 fully saturated rings. The summed E-state index contributed by atoms with van der Waals surface area (Å²) in [5.74, 6) is 0.814. The van der Waals surface area contributed by atoms with Crippen LogP contribution in [0.15, 0.2) is 48.7 Å². The number of aromatic nitrogens is 1. The molecule has 1 aromatic carbocycles. The molecular weight excluding hydrogens is 316 g/mol. The van der Waals surface area contributed by atoms with Gasteiger partial charge in [0, 0.05) is 25.8 Å². The van der Waals surface area contributed by atoms with Crippen molar-refractivity contribution in [1.82, 2.24) is 10.3 Å². The summed E-state index contributed by atoms with van der Waals surface area (Å²) in [7, 11) is 1.60. The first-order valence-corrected chi connectivity index (χ1v) is 8.53. The molecule has 5 nitrogen and oxygen atoms in total. The van der Waals surface area contributed by atoms with Crippen LogP contribution in [0.4, 0.5) is 0 Å². The highest BCUT2D eigenvalue weighted by Crippen LogP contribution is 2.23. The highest BCUT2D eigenvalue weighted by atomic mass is 16.5. The van der Waals surface area contributed by atoms with Gasteiger partial charge in [-0.05, 0) is 23.6 Å². The number of amides is 1. The lowest BCUT2D eigenvalue weighted by molar-refractivity contribution is 0.0939. The van der Waals surface area contributed by atoms with Gasteiger partial charge in [0.25, 0.3) is 5.91 Å². The standard InChI is InChI=1S/C20H26N2O3/c1-15(2)18(16-8-5-4-6-9-16)14-22-19(23)17-10-7-11-21-20(17)25-13-12-24-3/h4-11,15,18H,12-14H2,1-3H3,(H,22,23). The van der Waals surface area contributed by atoms with Crippen molar-refractivity contribution in [1.29, 1.82) is 0 Å². The molecule has 0 saturated heterocycles. The van der Waals surface area contributed by atoms with Gasteiger partial charge in [-0.2, -0.15) is 0 Å². The highest BCUT2D eigenvalue weighted by Gasteiger charge is 2.19. The second-order valence-corrected chi connectivity index (χ2v) is 6.17. The van der Waals surface area contributed by atoms with Crippen molar-refractivity contribution < 1.29 is 14.3 Å². The number of carbonyl (C=O) groups is 1. The van der Waals surface area contributed by atoms with E-state index in [9.17, 15) is 4.79 Å². The Kier molecular flexibility index (Phi) is 7.41. The molecular formula is C20H26N2O3. The molecule has 134 valence electrons. The zero-order valence-corrected chi connectivity index (χ0v) is 15.1. The number of hydrogen-bond donors (Lipinski definition) is 1. The van der Waals surface area contributed by atoms with Gasteiger partial charge in [-0.25, -0.2) is 4.98 Å². The normalized spacial score (nSPS) is 12.0. The molecule has 0 spiro atoms. The molecule has 0 aliphatic heterocycles. The van der Waals surface area contributed by atoms with Crippen LogP contribution in [0.1, 0.15) is 35.7 Å². The third-order valence-electron chi connectivity index (χ3n) is 4.06. The van der Waals surface area contributed by atoms with Crippen LogP contribution in [-0.2, 0) is 4.74 Å². The molecule has 0 radical (unpaired) electrons. The molecule has 1 heterocycles. The minimum Gasteiger partial charge on any atom is -0.475 e. The topological polar surface area (TPSA) is 60.5 Å². The van der Waals surface area contributed by atoms with Crippen molar-refractivity contribution in [2.75, 3.05) is 26.9 Å². The maximum Gasteiger partial charge on any atom is 0.256 e. The number of carbonyl (C=O) groups excluding carboxylic acids is 1. The maximum absolute atomic E-state index is 12.6. The number of nitrogens with one attached hydrogen (secondary N) is 1. The monoisotopic (exact) mass is 342 g/mol. The molecule has 1 amide bonds. The molecule has 2 rings (SSSR count).